The van der Waals surface area contributed by atoms with Gasteiger partial charge in [0.2, 0.25) is 0 Å². The fourth-order valence-electron chi connectivity index (χ4n) is 5.21. The summed E-state index contributed by atoms with van der Waals surface area (Å²) < 4.78 is 0. The third-order valence-electron chi connectivity index (χ3n) is 6.34. The maximum atomic E-state index is 12.5. The van der Waals surface area contributed by atoms with E-state index in [2.05, 4.69) is 6.58 Å². The molecule has 8 heteroatoms. The van der Waals surface area contributed by atoms with E-state index < -0.39 is 46.1 Å². The van der Waals surface area contributed by atoms with E-state index in [0.717, 1.165) is 5.39 Å². The fraction of sp³-hybridized carbons (Fsp3) is 0.0370. The minimum atomic E-state index is -1.78. The molecule has 0 amide bonds. The van der Waals surface area contributed by atoms with Gasteiger partial charge in [0.25, 0.3) is 0 Å². The van der Waals surface area contributed by atoms with E-state index in [4.69, 9.17) is 0 Å². The molecule has 0 radical (unpaired) electrons. The van der Waals surface area contributed by atoms with Crippen LogP contribution in [-0.4, -0.2) is 44.3 Å². The van der Waals surface area contributed by atoms with E-state index in [1.165, 1.54) is 6.08 Å². The number of benzene rings is 5. The summed E-state index contributed by atoms with van der Waals surface area (Å²) in [5.41, 5.74) is -2.69. The van der Waals surface area contributed by atoms with Crippen molar-refractivity contribution in [2.24, 2.45) is 0 Å². The average Bonchev–Trinajstić information content (AvgIpc) is 2.80. The van der Waals surface area contributed by atoms with Crippen molar-refractivity contribution in [3.63, 3.8) is 0 Å². The van der Waals surface area contributed by atoms with Crippen molar-refractivity contribution in [3.05, 3.63) is 82.9 Å². The van der Waals surface area contributed by atoms with Gasteiger partial charge in [-0.05, 0) is 45.0 Å². The van der Waals surface area contributed by atoms with Gasteiger partial charge < -0.3 is 20.4 Å². The first kappa shape index (κ1) is 21.8. The van der Waals surface area contributed by atoms with Crippen molar-refractivity contribution in [2.75, 3.05) is 0 Å². The van der Waals surface area contributed by atoms with Gasteiger partial charge >= 0.3 is 23.9 Å². The van der Waals surface area contributed by atoms with Crippen LogP contribution >= 0.6 is 0 Å². The van der Waals surface area contributed by atoms with E-state index >= 15 is 0 Å². The van der Waals surface area contributed by atoms with Crippen molar-refractivity contribution in [2.45, 2.75) is 6.42 Å². The molecule has 5 aromatic carbocycles. The van der Waals surface area contributed by atoms with Gasteiger partial charge in [0.05, 0.1) is 22.3 Å². The van der Waals surface area contributed by atoms with Crippen LogP contribution < -0.4 is 0 Å². The van der Waals surface area contributed by atoms with Gasteiger partial charge in [0, 0.05) is 16.2 Å². The average molecular weight is 468 g/mol. The monoisotopic (exact) mass is 468 g/mol. The predicted molar refractivity (Wildman–Crippen MR) is 129 cm³/mol. The number of carbonyl (C=O) groups is 4. The summed E-state index contributed by atoms with van der Waals surface area (Å²) in [4.78, 5) is 49.8. The first-order valence-electron chi connectivity index (χ1n) is 10.4. The molecule has 0 atom stereocenters. The highest BCUT2D eigenvalue weighted by molar-refractivity contribution is 6.40. The summed E-state index contributed by atoms with van der Waals surface area (Å²) in [5, 5.41) is 43.1. The maximum absolute atomic E-state index is 12.5. The molecule has 0 aliphatic heterocycles. The second kappa shape index (κ2) is 7.53. The molecule has 5 aromatic rings. The number of fused-ring (bicyclic) bond motifs is 2. The van der Waals surface area contributed by atoms with Crippen LogP contribution in [-0.2, 0) is 6.42 Å². The van der Waals surface area contributed by atoms with Crippen molar-refractivity contribution < 1.29 is 39.6 Å². The predicted octanol–water partition coefficient (Wildman–Crippen LogP) is 5.26. The number of rotatable bonds is 6. The highest BCUT2D eigenvalue weighted by Gasteiger charge is 2.34. The van der Waals surface area contributed by atoms with Crippen molar-refractivity contribution in [3.8, 4) is 0 Å². The molecule has 4 N–H and O–H groups in total. The molecule has 0 saturated carbocycles. The maximum Gasteiger partial charge on any atom is 0.337 e. The summed E-state index contributed by atoms with van der Waals surface area (Å²) >= 11 is 0. The van der Waals surface area contributed by atoms with Crippen LogP contribution in [0.1, 0.15) is 47.0 Å². The van der Waals surface area contributed by atoms with Crippen LogP contribution in [0.2, 0.25) is 0 Å². The first-order valence-corrected chi connectivity index (χ1v) is 10.4. The van der Waals surface area contributed by atoms with E-state index in [-0.39, 0.29) is 28.1 Å². The SMILES string of the molecule is C=CCc1cc2c3cccc4cccc(c5c(C(=O)O)c(C(=O)O)c(C(=O)O)c(c1C(=O)O)c25)c43. The summed E-state index contributed by atoms with van der Waals surface area (Å²) in [6.07, 6.45) is 1.53. The van der Waals surface area contributed by atoms with Gasteiger partial charge in [0.15, 0.2) is 0 Å². The standard InChI is InChI=1S/C27H16O8/c1-2-5-12-10-15-13-8-3-6-11-7-4-9-14(16(11)13)18-19(15)20(17(12)24(28)29)22(26(32)33)23(27(34)35)21(18)25(30)31/h2-4,6-10H,1,5H2,(H,28,29)(H,30,31)(H,32,33)(H,34,35). The molecule has 0 unspecified atom stereocenters. The Hall–Kier alpha value is -4.98. The number of carboxylic acid groups (broad SMARTS) is 4. The molecule has 35 heavy (non-hydrogen) atoms. The second-order valence-electron chi connectivity index (χ2n) is 8.13. The lowest BCUT2D eigenvalue weighted by atomic mass is 9.80. The van der Waals surface area contributed by atoms with E-state index in [9.17, 15) is 39.6 Å². The highest BCUT2D eigenvalue weighted by atomic mass is 16.4. The second-order valence-corrected chi connectivity index (χ2v) is 8.13. The molecule has 0 aliphatic rings. The zero-order valence-corrected chi connectivity index (χ0v) is 18.0. The van der Waals surface area contributed by atoms with Crippen molar-refractivity contribution in [1.29, 1.82) is 0 Å². The van der Waals surface area contributed by atoms with Gasteiger partial charge in [-0.3, -0.25) is 0 Å². The van der Waals surface area contributed by atoms with Crippen LogP contribution in [0.5, 0.6) is 0 Å². The highest BCUT2D eigenvalue weighted by Crippen LogP contribution is 2.46. The molecule has 8 nitrogen and oxygen atoms in total. The van der Waals surface area contributed by atoms with E-state index in [1.807, 2.05) is 12.1 Å². The smallest absolute Gasteiger partial charge is 0.337 e. The molecular formula is C27H16O8. The van der Waals surface area contributed by atoms with Gasteiger partial charge in [-0.2, -0.15) is 0 Å². The Morgan fingerprint density at radius 2 is 1.17 bits per heavy atom. The lowest BCUT2D eigenvalue weighted by Gasteiger charge is -2.22. The Morgan fingerprint density at radius 3 is 1.71 bits per heavy atom. The molecule has 0 bridgehead atoms. The topological polar surface area (TPSA) is 149 Å². The molecule has 0 spiro atoms. The largest absolute Gasteiger partial charge is 0.478 e. The number of hydrogen-bond donors (Lipinski definition) is 4. The number of aromatic carboxylic acids is 4. The third-order valence-corrected chi connectivity index (χ3v) is 6.34. The van der Waals surface area contributed by atoms with Gasteiger partial charge in [-0.1, -0.05) is 42.5 Å². The quantitative estimate of drug-likeness (QED) is 0.150. The van der Waals surface area contributed by atoms with Crippen LogP contribution in [0.4, 0.5) is 0 Å². The summed E-state index contributed by atoms with van der Waals surface area (Å²) in [6, 6.07) is 12.1. The zero-order valence-electron chi connectivity index (χ0n) is 18.0. The van der Waals surface area contributed by atoms with Crippen LogP contribution in [0.3, 0.4) is 0 Å². The molecule has 0 fully saturated rings. The minimum Gasteiger partial charge on any atom is -0.478 e. The molecule has 0 saturated heterocycles. The lowest BCUT2D eigenvalue weighted by Crippen LogP contribution is -2.18. The summed E-state index contributed by atoms with van der Waals surface area (Å²) in [6.45, 7) is 3.66. The molecular weight excluding hydrogens is 452 g/mol. The number of hydrogen-bond acceptors (Lipinski definition) is 4. The molecule has 5 rings (SSSR count). The Morgan fingerprint density at radius 1 is 0.629 bits per heavy atom. The lowest BCUT2D eigenvalue weighted by molar-refractivity contribution is 0.0635. The van der Waals surface area contributed by atoms with E-state index in [0.29, 0.717) is 21.5 Å². The number of carboxylic acids is 4. The van der Waals surface area contributed by atoms with E-state index in [1.54, 1.807) is 30.3 Å². The van der Waals surface area contributed by atoms with Crippen LogP contribution in [0.25, 0.3) is 43.1 Å². The number of allylic oxidation sites excluding steroid dienone is 1. The Labute approximate surface area is 196 Å². The van der Waals surface area contributed by atoms with Gasteiger partial charge in [-0.25, -0.2) is 19.2 Å². The summed E-state index contributed by atoms with van der Waals surface area (Å²) in [5.74, 6) is -6.61. The van der Waals surface area contributed by atoms with Crippen LogP contribution in [0.15, 0.2) is 55.1 Å². The Bertz CT molecular complexity index is 1790. The Kier molecular flexibility index (Phi) is 4.70. The fourth-order valence-corrected chi connectivity index (χ4v) is 5.21. The molecule has 0 heterocycles. The van der Waals surface area contributed by atoms with Gasteiger partial charge in [0.1, 0.15) is 0 Å². The molecule has 0 aliphatic carbocycles. The Balaban J connectivity index is 2.34. The van der Waals surface area contributed by atoms with Crippen LogP contribution in [0, 0.1) is 0 Å². The normalized spacial score (nSPS) is 11.4. The first-order chi connectivity index (χ1) is 16.7. The minimum absolute atomic E-state index is 0.0122. The van der Waals surface area contributed by atoms with Gasteiger partial charge in [-0.15, -0.1) is 6.58 Å². The zero-order chi connectivity index (χ0) is 25.2. The van der Waals surface area contributed by atoms with Crippen molar-refractivity contribution >= 4 is 67.0 Å². The summed E-state index contributed by atoms with van der Waals surface area (Å²) in [7, 11) is 0. The third kappa shape index (κ3) is 2.86. The van der Waals surface area contributed by atoms with Crippen molar-refractivity contribution in [1.82, 2.24) is 0 Å². The molecule has 172 valence electrons. The molecule has 0 aromatic heterocycles.